The lowest BCUT2D eigenvalue weighted by molar-refractivity contribution is 0.126. The first kappa shape index (κ1) is 11.4. The van der Waals surface area contributed by atoms with E-state index < -0.39 is 0 Å². The summed E-state index contributed by atoms with van der Waals surface area (Å²) in [5, 5.41) is 12.9. The molecule has 0 heterocycles. The van der Waals surface area contributed by atoms with E-state index in [0.29, 0.717) is 12.6 Å². The minimum absolute atomic E-state index is 0.0894. The van der Waals surface area contributed by atoms with Crippen LogP contribution in [0.1, 0.15) is 31.2 Å². The minimum atomic E-state index is -0.0894. The third kappa shape index (κ3) is 2.97. The van der Waals surface area contributed by atoms with Crippen LogP contribution in [0.3, 0.4) is 0 Å². The van der Waals surface area contributed by atoms with E-state index in [0.717, 1.165) is 36.9 Å². The number of anilines is 1. The largest absolute Gasteiger partial charge is 0.393 e. The summed E-state index contributed by atoms with van der Waals surface area (Å²) in [6, 6.07) is 8.74. The third-order valence-electron chi connectivity index (χ3n) is 3.23. The Morgan fingerprint density at radius 1 is 1.25 bits per heavy atom. The maximum atomic E-state index is 9.43. The molecule has 0 bridgehead atoms. The van der Waals surface area contributed by atoms with Crippen LogP contribution >= 0.6 is 0 Å². The maximum Gasteiger partial charge on any atom is 0.0541 e. The molecule has 2 rings (SSSR count). The number of nitrogens with two attached hydrogens (primary N) is 1. The van der Waals surface area contributed by atoms with Gasteiger partial charge >= 0.3 is 0 Å². The zero-order valence-corrected chi connectivity index (χ0v) is 9.52. The number of rotatable bonds is 3. The molecule has 0 aliphatic heterocycles. The Bertz CT molecular complexity index is 332. The number of aliphatic hydroxyl groups is 1. The van der Waals surface area contributed by atoms with Crippen molar-refractivity contribution < 1.29 is 5.11 Å². The Labute approximate surface area is 96.7 Å². The molecule has 16 heavy (non-hydrogen) atoms. The highest BCUT2D eigenvalue weighted by atomic mass is 16.3. The number of hydrogen-bond donors (Lipinski definition) is 3. The van der Waals surface area contributed by atoms with E-state index in [4.69, 9.17) is 5.73 Å². The summed E-state index contributed by atoms with van der Waals surface area (Å²) in [5.74, 6) is 0. The molecule has 88 valence electrons. The molecule has 0 spiro atoms. The van der Waals surface area contributed by atoms with Crippen LogP contribution in [0.4, 0.5) is 5.69 Å². The second-order valence-electron chi connectivity index (χ2n) is 4.55. The van der Waals surface area contributed by atoms with Gasteiger partial charge in [-0.05, 0) is 43.4 Å². The highest BCUT2D eigenvalue weighted by Crippen LogP contribution is 2.22. The van der Waals surface area contributed by atoms with Crippen molar-refractivity contribution in [2.75, 3.05) is 5.32 Å². The van der Waals surface area contributed by atoms with Gasteiger partial charge in [0, 0.05) is 18.3 Å². The second kappa shape index (κ2) is 5.32. The Kier molecular flexibility index (Phi) is 3.80. The average Bonchev–Trinajstić information content (AvgIpc) is 2.32. The van der Waals surface area contributed by atoms with Crippen molar-refractivity contribution in [1.29, 1.82) is 0 Å². The van der Waals surface area contributed by atoms with E-state index in [1.807, 2.05) is 12.1 Å². The highest BCUT2D eigenvalue weighted by Gasteiger charge is 2.18. The van der Waals surface area contributed by atoms with Crippen LogP contribution < -0.4 is 11.1 Å². The molecule has 1 fully saturated rings. The summed E-state index contributed by atoms with van der Waals surface area (Å²) >= 11 is 0. The molecule has 1 aromatic carbocycles. The van der Waals surface area contributed by atoms with Gasteiger partial charge in [-0.3, -0.25) is 0 Å². The molecule has 3 heteroatoms. The molecule has 0 unspecified atom stereocenters. The Morgan fingerprint density at radius 3 is 2.69 bits per heavy atom. The van der Waals surface area contributed by atoms with Crippen LogP contribution in [0.25, 0.3) is 0 Å². The van der Waals surface area contributed by atoms with Gasteiger partial charge in [-0.1, -0.05) is 12.1 Å². The van der Waals surface area contributed by atoms with E-state index in [-0.39, 0.29) is 6.10 Å². The lowest BCUT2D eigenvalue weighted by atomic mass is 9.93. The number of nitrogens with one attached hydrogen (secondary N) is 1. The van der Waals surface area contributed by atoms with E-state index in [2.05, 4.69) is 17.4 Å². The molecule has 0 amide bonds. The predicted molar refractivity (Wildman–Crippen MR) is 66.2 cm³/mol. The van der Waals surface area contributed by atoms with Crippen molar-refractivity contribution in [3.05, 3.63) is 29.8 Å². The summed E-state index contributed by atoms with van der Waals surface area (Å²) in [6.07, 6.45) is 3.83. The molecule has 0 saturated heterocycles. The summed E-state index contributed by atoms with van der Waals surface area (Å²) in [7, 11) is 0. The molecule has 1 aromatic rings. The fourth-order valence-corrected chi connectivity index (χ4v) is 2.24. The van der Waals surface area contributed by atoms with E-state index >= 15 is 0 Å². The molecule has 4 N–H and O–H groups in total. The summed E-state index contributed by atoms with van der Waals surface area (Å²) in [5.41, 5.74) is 7.91. The van der Waals surface area contributed by atoms with Crippen molar-refractivity contribution in [1.82, 2.24) is 0 Å². The molecule has 0 aromatic heterocycles. The maximum absolute atomic E-state index is 9.43. The Balaban J connectivity index is 1.93. The standard InChI is InChI=1S/C13H20N2O/c14-9-10-2-1-3-12(8-10)15-11-4-6-13(16)7-5-11/h1-3,8,11,13,15-16H,4-7,9,14H2. The molecule has 1 aliphatic carbocycles. The Morgan fingerprint density at radius 2 is 2.00 bits per heavy atom. The molecule has 0 radical (unpaired) electrons. The Hall–Kier alpha value is -1.06. The summed E-state index contributed by atoms with van der Waals surface area (Å²) in [4.78, 5) is 0. The van der Waals surface area contributed by atoms with Gasteiger partial charge in [0.15, 0.2) is 0 Å². The molecule has 1 aliphatic rings. The minimum Gasteiger partial charge on any atom is -0.393 e. The van der Waals surface area contributed by atoms with Crippen LogP contribution in [0.2, 0.25) is 0 Å². The van der Waals surface area contributed by atoms with Gasteiger partial charge in [-0.25, -0.2) is 0 Å². The smallest absolute Gasteiger partial charge is 0.0541 e. The van der Waals surface area contributed by atoms with Crippen molar-refractivity contribution in [2.24, 2.45) is 5.73 Å². The van der Waals surface area contributed by atoms with Gasteiger partial charge in [-0.2, -0.15) is 0 Å². The zero-order valence-electron chi connectivity index (χ0n) is 9.52. The SMILES string of the molecule is NCc1cccc(NC2CCC(O)CC2)c1. The van der Waals surface area contributed by atoms with Gasteiger partial charge in [0.2, 0.25) is 0 Å². The normalized spacial score (nSPS) is 25.4. The van der Waals surface area contributed by atoms with Crippen LogP contribution in [0.5, 0.6) is 0 Å². The van der Waals surface area contributed by atoms with Crippen LogP contribution in [0.15, 0.2) is 24.3 Å². The highest BCUT2D eigenvalue weighted by molar-refractivity contribution is 5.46. The molecular weight excluding hydrogens is 200 g/mol. The van der Waals surface area contributed by atoms with Crippen LogP contribution in [0, 0.1) is 0 Å². The fraction of sp³-hybridized carbons (Fsp3) is 0.538. The van der Waals surface area contributed by atoms with E-state index in [9.17, 15) is 5.11 Å². The van der Waals surface area contributed by atoms with Gasteiger partial charge in [0.25, 0.3) is 0 Å². The molecule has 3 nitrogen and oxygen atoms in total. The molecule has 0 atom stereocenters. The summed E-state index contributed by atoms with van der Waals surface area (Å²) < 4.78 is 0. The van der Waals surface area contributed by atoms with Crippen molar-refractivity contribution >= 4 is 5.69 Å². The quantitative estimate of drug-likeness (QED) is 0.728. The molecule has 1 saturated carbocycles. The van der Waals surface area contributed by atoms with Crippen molar-refractivity contribution in [2.45, 2.75) is 44.4 Å². The number of hydrogen-bond acceptors (Lipinski definition) is 3. The first-order valence-corrected chi connectivity index (χ1v) is 6.01. The first-order chi connectivity index (χ1) is 7.78. The van der Waals surface area contributed by atoms with Gasteiger partial charge in [0.05, 0.1) is 6.10 Å². The monoisotopic (exact) mass is 220 g/mol. The van der Waals surface area contributed by atoms with Crippen LogP contribution in [-0.2, 0) is 6.54 Å². The lowest BCUT2D eigenvalue weighted by Crippen LogP contribution is -2.28. The van der Waals surface area contributed by atoms with Gasteiger partial charge < -0.3 is 16.2 Å². The second-order valence-corrected chi connectivity index (χ2v) is 4.55. The summed E-state index contributed by atoms with van der Waals surface area (Å²) in [6.45, 7) is 0.582. The zero-order chi connectivity index (χ0) is 11.4. The van der Waals surface area contributed by atoms with Gasteiger partial charge in [-0.15, -0.1) is 0 Å². The van der Waals surface area contributed by atoms with Crippen molar-refractivity contribution in [3.8, 4) is 0 Å². The van der Waals surface area contributed by atoms with Crippen LogP contribution in [-0.4, -0.2) is 17.3 Å². The number of benzene rings is 1. The van der Waals surface area contributed by atoms with Crippen molar-refractivity contribution in [3.63, 3.8) is 0 Å². The van der Waals surface area contributed by atoms with E-state index in [1.165, 1.54) is 0 Å². The van der Waals surface area contributed by atoms with Gasteiger partial charge in [0.1, 0.15) is 0 Å². The average molecular weight is 220 g/mol. The molecular formula is C13H20N2O. The fourth-order valence-electron chi connectivity index (χ4n) is 2.24. The first-order valence-electron chi connectivity index (χ1n) is 6.01. The topological polar surface area (TPSA) is 58.3 Å². The lowest BCUT2D eigenvalue weighted by Gasteiger charge is -2.27. The predicted octanol–water partition coefficient (Wildman–Crippen LogP) is 1.86. The number of aliphatic hydroxyl groups excluding tert-OH is 1. The van der Waals surface area contributed by atoms with E-state index in [1.54, 1.807) is 0 Å². The third-order valence-corrected chi connectivity index (χ3v) is 3.23.